The largest absolute Gasteiger partial charge is 0.355 e. The van der Waals surface area contributed by atoms with Crippen molar-refractivity contribution in [3.63, 3.8) is 0 Å². The lowest BCUT2D eigenvalue weighted by atomic mass is 9.98. The van der Waals surface area contributed by atoms with Crippen molar-refractivity contribution < 1.29 is 4.79 Å². The van der Waals surface area contributed by atoms with E-state index in [1.54, 1.807) is 0 Å². The number of aromatic nitrogens is 4. The van der Waals surface area contributed by atoms with Crippen molar-refractivity contribution >= 4 is 28.3 Å². The third-order valence-electron chi connectivity index (χ3n) is 8.64. The molecular weight excluding hydrogens is 474 g/mol. The standard InChI is InChI=1S/C30H35N7O/c1-17-9-10-18(2)27-26(17)21(5)28(33-27)30(38)36-11-7-6-8-24(36)23-12-25-32-29(20(4)15-37(25)34-23)35-14-19(3)22(13-31)16-35/h9-10,12,15,19,22,24,33H,6-8,11,14,16H2,1-5H3/t19-,22?,24-/m0/s1. The molecule has 2 aliphatic rings. The number of anilines is 1. The number of hydrogen-bond donors (Lipinski definition) is 1. The van der Waals surface area contributed by atoms with Gasteiger partial charge in [0.15, 0.2) is 5.65 Å². The first-order chi connectivity index (χ1) is 18.3. The molecule has 1 N–H and O–H groups in total. The maximum Gasteiger partial charge on any atom is 0.271 e. The molecule has 5 heterocycles. The molecule has 8 heteroatoms. The summed E-state index contributed by atoms with van der Waals surface area (Å²) in [4.78, 5) is 26.7. The molecule has 2 saturated heterocycles. The molecule has 0 bridgehead atoms. The summed E-state index contributed by atoms with van der Waals surface area (Å²) < 4.78 is 1.84. The number of nitrogens with one attached hydrogen (secondary N) is 1. The average molecular weight is 510 g/mol. The fourth-order valence-electron chi connectivity index (χ4n) is 6.45. The van der Waals surface area contributed by atoms with Crippen molar-refractivity contribution in [3.05, 3.63) is 58.0 Å². The second-order valence-corrected chi connectivity index (χ2v) is 11.3. The Morgan fingerprint density at radius 1 is 1.11 bits per heavy atom. The molecule has 2 aliphatic heterocycles. The van der Waals surface area contributed by atoms with Gasteiger partial charge in [-0.1, -0.05) is 19.1 Å². The smallest absolute Gasteiger partial charge is 0.271 e. The number of rotatable bonds is 3. The summed E-state index contributed by atoms with van der Waals surface area (Å²) in [5.41, 5.74) is 7.77. The van der Waals surface area contributed by atoms with E-state index in [1.807, 2.05) is 35.5 Å². The fourth-order valence-corrected chi connectivity index (χ4v) is 6.45. The Kier molecular flexibility index (Phi) is 5.90. The fraction of sp³-hybridized carbons (Fsp3) is 0.467. The maximum absolute atomic E-state index is 14.0. The van der Waals surface area contributed by atoms with E-state index >= 15 is 0 Å². The van der Waals surface area contributed by atoms with Crippen LogP contribution in [0.25, 0.3) is 16.6 Å². The first-order valence-corrected chi connectivity index (χ1v) is 13.7. The van der Waals surface area contributed by atoms with Crippen molar-refractivity contribution in [3.8, 4) is 6.07 Å². The Morgan fingerprint density at radius 2 is 1.89 bits per heavy atom. The van der Waals surface area contributed by atoms with Crippen LogP contribution in [0, 0.1) is 50.9 Å². The molecule has 4 aromatic rings. The number of amides is 1. The molecule has 2 fully saturated rings. The molecule has 3 aromatic heterocycles. The van der Waals surface area contributed by atoms with E-state index in [0.717, 1.165) is 70.6 Å². The van der Waals surface area contributed by atoms with Crippen LogP contribution in [-0.2, 0) is 0 Å². The van der Waals surface area contributed by atoms with Gasteiger partial charge in [-0.05, 0) is 69.6 Å². The summed E-state index contributed by atoms with van der Waals surface area (Å²) in [5, 5.41) is 15.5. The number of nitriles is 1. The summed E-state index contributed by atoms with van der Waals surface area (Å²) >= 11 is 0. The molecule has 0 radical (unpaired) electrons. The van der Waals surface area contributed by atoms with E-state index < -0.39 is 0 Å². The molecule has 0 saturated carbocycles. The van der Waals surface area contributed by atoms with Crippen molar-refractivity contribution in [1.82, 2.24) is 24.5 Å². The number of aromatic amines is 1. The van der Waals surface area contributed by atoms with Gasteiger partial charge in [0.25, 0.3) is 5.91 Å². The summed E-state index contributed by atoms with van der Waals surface area (Å²) in [7, 11) is 0. The van der Waals surface area contributed by atoms with Crippen molar-refractivity contribution in [2.45, 2.75) is 59.9 Å². The van der Waals surface area contributed by atoms with E-state index in [0.29, 0.717) is 24.7 Å². The molecule has 3 atom stereocenters. The number of carbonyl (C=O) groups excluding carboxylic acids is 1. The van der Waals surface area contributed by atoms with Gasteiger partial charge in [-0.25, -0.2) is 9.50 Å². The number of fused-ring (bicyclic) bond motifs is 2. The molecule has 8 nitrogen and oxygen atoms in total. The molecule has 0 spiro atoms. The van der Waals surface area contributed by atoms with Gasteiger partial charge in [-0.15, -0.1) is 0 Å². The third-order valence-corrected chi connectivity index (χ3v) is 8.64. The Hall–Kier alpha value is -3.86. The lowest BCUT2D eigenvalue weighted by Gasteiger charge is -2.34. The zero-order valence-corrected chi connectivity index (χ0v) is 22.9. The van der Waals surface area contributed by atoms with Gasteiger partial charge in [-0.3, -0.25) is 4.79 Å². The second kappa shape index (κ2) is 9.16. The number of H-pyrrole nitrogens is 1. The predicted octanol–water partition coefficient (Wildman–Crippen LogP) is 5.41. The van der Waals surface area contributed by atoms with Gasteiger partial charge in [0.2, 0.25) is 0 Å². The molecule has 1 aromatic carbocycles. The van der Waals surface area contributed by atoms with Gasteiger partial charge < -0.3 is 14.8 Å². The summed E-state index contributed by atoms with van der Waals surface area (Å²) in [5.74, 6) is 1.30. The second-order valence-electron chi connectivity index (χ2n) is 11.3. The van der Waals surface area contributed by atoms with Gasteiger partial charge in [-0.2, -0.15) is 10.4 Å². The Morgan fingerprint density at radius 3 is 2.63 bits per heavy atom. The van der Waals surface area contributed by atoms with E-state index in [1.165, 1.54) is 5.56 Å². The molecular formula is C30H35N7O. The predicted molar refractivity (Wildman–Crippen MR) is 148 cm³/mol. The van der Waals surface area contributed by atoms with Crippen LogP contribution in [-0.4, -0.2) is 50.0 Å². The van der Waals surface area contributed by atoms with Crippen LogP contribution in [0.4, 0.5) is 5.82 Å². The van der Waals surface area contributed by atoms with Crippen molar-refractivity contribution in [2.75, 3.05) is 24.5 Å². The van der Waals surface area contributed by atoms with Crippen LogP contribution in [0.2, 0.25) is 0 Å². The lowest BCUT2D eigenvalue weighted by molar-refractivity contribution is 0.0600. The molecule has 196 valence electrons. The van der Waals surface area contributed by atoms with Crippen LogP contribution in [0.1, 0.15) is 70.7 Å². The summed E-state index contributed by atoms with van der Waals surface area (Å²) in [6.45, 7) is 12.7. The van der Waals surface area contributed by atoms with Gasteiger partial charge in [0.05, 0.1) is 23.7 Å². The Bertz CT molecular complexity index is 1610. The number of hydrogen-bond acceptors (Lipinski definition) is 5. The molecule has 1 amide bonds. The number of nitrogens with zero attached hydrogens (tertiary/aromatic N) is 6. The Labute approximate surface area is 223 Å². The van der Waals surface area contributed by atoms with Crippen LogP contribution in [0.3, 0.4) is 0 Å². The highest BCUT2D eigenvalue weighted by atomic mass is 16.2. The van der Waals surface area contributed by atoms with E-state index in [2.05, 4.69) is 48.9 Å². The number of benzene rings is 1. The summed E-state index contributed by atoms with van der Waals surface area (Å²) in [6, 6.07) is 8.61. The summed E-state index contributed by atoms with van der Waals surface area (Å²) in [6.07, 6.45) is 4.95. The van der Waals surface area contributed by atoms with Crippen LogP contribution >= 0.6 is 0 Å². The zero-order chi connectivity index (χ0) is 26.7. The normalized spacial score (nSPS) is 21.9. The van der Waals surface area contributed by atoms with E-state index in [9.17, 15) is 10.1 Å². The monoisotopic (exact) mass is 509 g/mol. The van der Waals surface area contributed by atoms with Crippen LogP contribution in [0.5, 0.6) is 0 Å². The average Bonchev–Trinajstić information content (AvgIpc) is 3.60. The van der Waals surface area contributed by atoms with Crippen molar-refractivity contribution in [1.29, 1.82) is 5.26 Å². The third kappa shape index (κ3) is 3.84. The SMILES string of the molecule is Cc1cn2nc([C@@H]3CCCCN3C(=O)c3[nH]c4c(C)ccc(C)c4c3C)cc2nc1N1CC(C#N)[C@@H](C)C1. The van der Waals surface area contributed by atoms with Crippen LogP contribution in [0.15, 0.2) is 24.4 Å². The van der Waals surface area contributed by atoms with Gasteiger partial charge >= 0.3 is 0 Å². The molecule has 6 rings (SSSR count). The molecule has 38 heavy (non-hydrogen) atoms. The zero-order valence-electron chi connectivity index (χ0n) is 22.9. The maximum atomic E-state index is 14.0. The number of piperidine rings is 1. The van der Waals surface area contributed by atoms with E-state index in [-0.39, 0.29) is 17.9 Å². The topological polar surface area (TPSA) is 93.3 Å². The van der Waals surface area contributed by atoms with Gasteiger partial charge in [0, 0.05) is 48.4 Å². The van der Waals surface area contributed by atoms with E-state index in [4.69, 9.17) is 10.1 Å². The first kappa shape index (κ1) is 24.5. The van der Waals surface area contributed by atoms with Gasteiger partial charge in [0.1, 0.15) is 11.5 Å². The minimum atomic E-state index is -0.0931. The minimum Gasteiger partial charge on any atom is -0.355 e. The molecule has 1 unspecified atom stereocenters. The van der Waals surface area contributed by atoms with Crippen LogP contribution < -0.4 is 4.90 Å². The number of aryl methyl sites for hydroxylation is 4. The minimum absolute atomic E-state index is 0.0235. The number of likely N-dealkylation sites (tertiary alicyclic amines) is 1. The highest BCUT2D eigenvalue weighted by Crippen LogP contribution is 2.35. The quantitative estimate of drug-likeness (QED) is 0.399. The highest BCUT2D eigenvalue weighted by molar-refractivity contribution is 6.02. The Balaban J connectivity index is 1.35. The molecule has 0 aliphatic carbocycles. The van der Waals surface area contributed by atoms with Crippen molar-refractivity contribution in [2.24, 2.45) is 11.8 Å². The highest BCUT2D eigenvalue weighted by Gasteiger charge is 2.34. The first-order valence-electron chi connectivity index (χ1n) is 13.7. The lowest BCUT2D eigenvalue weighted by Crippen LogP contribution is -2.39. The number of carbonyl (C=O) groups is 1.